The number of hydrogen-bond donors (Lipinski definition) is 1. The molecule has 5 heteroatoms. The highest BCUT2D eigenvalue weighted by atomic mass is 32.1. The number of anilines is 1. The van der Waals surface area contributed by atoms with E-state index in [0.29, 0.717) is 5.88 Å². The van der Waals surface area contributed by atoms with Crippen LogP contribution in [0.1, 0.15) is 0 Å². The maximum absolute atomic E-state index is 5.89. The second kappa shape index (κ2) is 4.78. The molecule has 2 heterocycles. The minimum Gasteiger partial charge on any atom is -0.496 e. The lowest BCUT2D eigenvalue weighted by Gasteiger charge is -2.00. The van der Waals surface area contributed by atoms with E-state index in [0.717, 1.165) is 27.4 Å². The average Bonchev–Trinajstić information content (AvgIpc) is 3.05. The standard InChI is InChI=1S/C14H12N2O2S/c1-17-10-7-11(19-8-10)13-12(14(15)18-16-13)9-5-3-2-4-6-9/h2-8H,15H2,1H3. The third-order valence-electron chi connectivity index (χ3n) is 2.83. The van der Waals surface area contributed by atoms with Crippen molar-refractivity contribution >= 4 is 17.2 Å². The van der Waals surface area contributed by atoms with E-state index in [9.17, 15) is 0 Å². The molecule has 96 valence electrons. The molecular weight excluding hydrogens is 260 g/mol. The van der Waals surface area contributed by atoms with Gasteiger partial charge in [0.1, 0.15) is 11.4 Å². The summed E-state index contributed by atoms with van der Waals surface area (Å²) in [6.45, 7) is 0. The normalized spacial score (nSPS) is 10.6. The van der Waals surface area contributed by atoms with Gasteiger partial charge < -0.3 is 15.0 Å². The van der Waals surface area contributed by atoms with Crippen LogP contribution in [0.3, 0.4) is 0 Å². The number of nitrogens with zero attached hydrogens (tertiary/aromatic N) is 1. The molecule has 19 heavy (non-hydrogen) atoms. The van der Waals surface area contributed by atoms with Crippen molar-refractivity contribution in [3.63, 3.8) is 0 Å². The van der Waals surface area contributed by atoms with Gasteiger partial charge in [-0.15, -0.1) is 11.3 Å². The number of rotatable bonds is 3. The molecule has 0 fully saturated rings. The van der Waals surface area contributed by atoms with Crippen LogP contribution in [0, 0.1) is 0 Å². The largest absolute Gasteiger partial charge is 0.496 e. The van der Waals surface area contributed by atoms with Crippen molar-refractivity contribution in [1.82, 2.24) is 5.16 Å². The molecule has 0 aliphatic carbocycles. The lowest BCUT2D eigenvalue weighted by atomic mass is 10.1. The third-order valence-corrected chi connectivity index (χ3v) is 3.74. The Morgan fingerprint density at radius 3 is 2.74 bits per heavy atom. The zero-order valence-corrected chi connectivity index (χ0v) is 11.1. The minimum absolute atomic E-state index is 0.327. The molecule has 0 saturated carbocycles. The van der Waals surface area contributed by atoms with Gasteiger partial charge in [0.2, 0.25) is 5.88 Å². The van der Waals surface area contributed by atoms with E-state index >= 15 is 0 Å². The van der Waals surface area contributed by atoms with Crippen LogP contribution in [-0.4, -0.2) is 12.3 Å². The summed E-state index contributed by atoms with van der Waals surface area (Å²) in [6, 6.07) is 11.8. The quantitative estimate of drug-likeness (QED) is 0.790. The Morgan fingerprint density at radius 1 is 1.26 bits per heavy atom. The van der Waals surface area contributed by atoms with Gasteiger partial charge >= 0.3 is 0 Å². The van der Waals surface area contributed by atoms with Crippen LogP contribution in [-0.2, 0) is 0 Å². The fourth-order valence-corrected chi connectivity index (χ4v) is 2.75. The van der Waals surface area contributed by atoms with Crippen molar-refractivity contribution < 1.29 is 9.26 Å². The summed E-state index contributed by atoms with van der Waals surface area (Å²) in [6.07, 6.45) is 0. The topological polar surface area (TPSA) is 61.3 Å². The van der Waals surface area contributed by atoms with Gasteiger partial charge in [-0.25, -0.2) is 0 Å². The molecule has 3 rings (SSSR count). The van der Waals surface area contributed by atoms with Crippen LogP contribution >= 0.6 is 11.3 Å². The van der Waals surface area contributed by atoms with Crippen molar-refractivity contribution in [1.29, 1.82) is 0 Å². The molecule has 0 radical (unpaired) electrons. The smallest absolute Gasteiger partial charge is 0.230 e. The van der Waals surface area contributed by atoms with Crippen LogP contribution in [0.25, 0.3) is 21.7 Å². The molecule has 2 N–H and O–H groups in total. The molecule has 3 aromatic rings. The number of nitrogen functional groups attached to an aromatic ring is 1. The summed E-state index contributed by atoms with van der Waals surface area (Å²) in [7, 11) is 1.64. The fourth-order valence-electron chi connectivity index (χ4n) is 1.90. The summed E-state index contributed by atoms with van der Waals surface area (Å²) >= 11 is 1.55. The monoisotopic (exact) mass is 272 g/mol. The molecule has 0 aliphatic rings. The van der Waals surface area contributed by atoms with E-state index in [1.54, 1.807) is 18.4 Å². The second-order valence-corrected chi connectivity index (χ2v) is 4.90. The summed E-state index contributed by atoms with van der Waals surface area (Å²) < 4.78 is 10.3. The molecule has 4 nitrogen and oxygen atoms in total. The molecule has 0 bridgehead atoms. The molecule has 0 atom stereocenters. The first-order chi connectivity index (χ1) is 9.29. The summed E-state index contributed by atoms with van der Waals surface area (Å²) in [5, 5.41) is 5.99. The highest BCUT2D eigenvalue weighted by molar-refractivity contribution is 7.13. The number of thiophene rings is 1. The lowest BCUT2D eigenvalue weighted by molar-refractivity contribution is 0.416. The Morgan fingerprint density at radius 2 is 2.05 bits per heavy atom. The zero-order chi connectivity index (χ0) is 13.2. The van der Waals surface area contributed by atoms with Gasteiger partial charge in [0.15, 0.2) is 0 Å². The number of aromatic nitrogens is 1. The average molecular weight is 272 g/mol. The van der Waals surface area contributed by atoms with E-state index in [-0.39, 0.29) is 0 Å². The third kappa shape index (κ3) is 2.08. The molecule has 0 spiro atoms. The number of ether oxygens (including phenoxy) is 1. The van der Waals surface area contributed by atoms with Crippen molar-refractivity contribution in [2.75, 3.05) is 12.8 Å². The molecule has 2 aromatic heterocycles. The van der Waals surface area contributed by atoms with Gasteiger partial charge in [0.05, 0.1) is 17.6 Å². The Hall–Kier alpha value is -2.27. The minimum atomic E-state index is 0.327. The van der Waals surface area contributed by atoms with Gasteiger partial charge in [-0.1, -0.05) is 35.5 Å². The summed E-state index contributed by atoms with van der Waals surface area (Å²) in [4.78, 5) is 0.969. The van der Waals surface area contributed by atoms with Crippen LogP contribution in [0.2, 0.25) is 0 Å². The fraction of sp³-hybridized carbons (Fsp3) is 0.0714. The van der Waals surface area contributed by atoms with Crippen LogP contribution in [0.4, 0.5) is 5.88 Å². The van der Waals surface area contributed by atoms with Crippen molar-refractivity contribution in [2.24, 2.45) is 0 Å². The first kappa shape index (κ1) is 11.8. The van der Waals surface area contributed by atoms with E-state index < -0.39 is 0 Å². The van der Waals surface area contributed by atoms with E-state index in [2.05, 4.69) is 5.16 Å². The highest BCUT2D eigenvalue weighted by Crippen LogP contribution is 2.39. The number of hydrogen-bond acceptors (Lipinski definition) is 5. The Kier molecular flexibility index (Phi) is 2.97. The van der Waals surface area contributed by atoms with E-state index in [1.165, 1.54) is 0 Å². The molecule has 0 saturated heterocycles. The van der Waals surface area contributed by atoms with Crippen molar-refractivity contribution in [3.8, 4) is 27.4 Å². The Labute approximate surface area is 114 Å². The Balaban J connectivity index is 2.13. The molecule has 0 amide bonds. The molecular formula is C14H12N2O2S. The number of methoxy groups -OCH3 is 1. The van der Waals surface area contributed by atoms with E-state index in [1.807, 2.05) is 41.8 Å². The van der Waals surface area contributed by atoms with Crippen LogP contribution in [0.5, 0.6) is 5.75 Å². The number of nitrogens with two attached hydrogens (primary N) is 1. The molecule has 1 aromatic carbocycles. The van der Waals surface area contributed by atoms with Crippen LogP contribution < -0.4 is 10.5 Å². The maximum atomic E-state index is 5.89. The second-order valence-electron chi connectivity index (χ2n) is 3.99. The Bertz CT molecular complexity index is 689. The van der Waals surface area contributed by atoms with E-state index in [4.69, 9.17) is 15.0 Å². The summed E-state index contributed by atoms with van der Waals surface area (Å²) in [5.74, 6) is 1.13. The van der Waals surface area contributed by atoms with Crippen molar-refractivity contribution in [3.05, 3.63) is 41.8 Å². The predicted octanol–water partition coefficient (Wildman–Crippen LogP) is 3.66. The van der Waals surface area contributed by atoms with Gasteiger partial charge in [-0.05, 0) is 5.56 Å². The van der Waals surface area contributed by atoms with Crippen LogP contribution in [0.15, 0.2) is 46.3 Å². The van der Waals surface area contributed by atoms with Gasteiger partial charge in [0, 0.05) is 11.4 Å². The predicted molar refractivity (Wildman–Crippen MR) is 76.2 cm³/mol. The SMILES string of the molecule is COc1csc(-c2noc(N)c2-c2ccccc2)c1. The number of benzene rings is 1. The molecule has 0 unspecified atom stereocenters. The van der Waals surface area contributed by atoms with Gasteiger partial charge in [-0.2, -0.15) is 0 Å². The first-order valence-electron chi connectivity index (χ1n) is 5.73. The van der Waals surface area contributed by atoms with Gasteiger partial charge in [0.25, 0.3) is 0 Å². The highest BCUT2D eigenvalue weighted by Gasteiger charge is 2.18. The van der Waals surface area contributed by atoms with Gasteiger partial charge in [-0.3, -0.25) is 0 Å². The first-order valence-corrected chi connectivity index (χ1v) is 6.61. The lowest BCUT2D eigenvalue weighted by Crippen LogP contribution is -1.86. The maximum Gasteiger partial charge on any atom is 0.230 e. The van der Waals surface area contributed by atoms with Crippen molar-refractivity contribution in [2.45, 2.75) is 0 Å². The summed E-state index contributed by atoms with van der Waals surface area (Å²) in [5.41, 5.74) is 8.46. The zero-order valence-electron chi connectivity index (χ0n) is 10.3. The molecule has 0 aliphatic heterocycles.